The van der Waals surface area contributed by atoms with Crippen LogP contribution in [0.25, 0.3) is 0 Å². The van der Waals surface area contributed by atoms with Gasteiger partial charge >= 0.3 is 5.97 Å². The monoisotopic (exact) mass is 280 g/mol. The van der Waals surface area contributed by atoms with Gasteiger partial charge in [0.15, 0.2) is 5.82 Å². The fourth-order valence-electron chi connectivity index (χ4n) is 2.92. The molecule has 4 rings (SSSR count). The fourth-order valence-corrected chi connectivity index (χ4v) is 2.92. The van der Waals surface area contributed by atoms with Gasteiger partial charge in [0.05, 0.1) is 6.04 Å². The molecule has 1 atom stereocenters. The molecule has 0 radical (unpaired) electrons. The van der Waals surface area contributed by atoms with Crippen molar-refractivity contribution in [2.45, 2.75) is 31.7 Å². The minimum atomic E-state index is -0.753. The number of aliphatic carboxylic acids is 1. The molecule has 7 nitrogen and oxygen atoms in total. The smallest absolute Gasteiger partial charge is 0.303 e. The zero-order valence-electron chi connectivity index (χ0n) is 11.5. The molecule has 3 saturated heterocycles. The minimum Gasteiger partial charge on any atom is -0.481 e. The summed E-state index contributed by atoms with van der Waals surface area (Å²) in [4.78, 5) is 19.8. The molecule has 110 valence electrons. The van der Waals surface area contributed by atoms with Crippen molar-refractivity contribution in [3.63, 3.8) is 0 Å². The largest absolute Gasteiger partial charge is 0.481 e. The van der Waals surface area contributed by atoms with Crippen LogP contribution in [0.5, 0.6) is 0 Å². The van der Waals surface area contributed by atoms with Crippen molar-refractivity contribution in [3.8, 4) is 0 Å². The number of piperazine rings is 3. The van der Waals surface area contributed by atoms with Crippen LogP contribution >= 0.6 is 0 Å². The molecule has 3 aliphatic rings. The van der Waals surface area contributed by atoms with Gasteiger partial charge in [-0.2, -0.15) is 4.98 Å². The Morgan fingerprint density at radius 2 is 2.10 bits per heavy atom. The van der Waals surface area contributed by atoms with E-state index >= 15 is 0 Å². The number of unbranched alkanes of at least 4 members (excludes halogenated alkanes) is 1. The fraction of sp³-hybridized carbons (Fsp3) is 0.769. The molecule has 1 N–H and O–H groups in total. The topological polar surface area (TPSA) is 82.7 Å². The predicted molar refractivity (Wildman–Crippen MR) is 70.2 cm³/mol. The Hall–Kier alpha value is -1.47. The summed E-state index contributed by atoms with van der Waals surface area (Å²) in [6.07, 6.45) is 2.29. The van der Waals surface area contributed by atoms with Gasteiger partial charge in [-0.25, -0.2) is 0 Å². The summed E-state index contributed by atoms with van der Waals surface area (Å²) in [5.41, 5.74) is 0. The lowest BCUT2D eigenvalue weighted by Gasteiger charge is -2.46. The average Bonchev–Trinajstić information content (AvgIpc) is 2.93. The van der Waals surface area contributed by atoms with E-state index in [1.165, 1.54) is 0 Å². The Morgan fingerprint density at radius 3 is 2.75 bits per heavy atom. The van der Waals surface area contributed by atoms with Crippen LogP contribution in [0, 0.1) is 0 Å². The molecule has 7 heteroatoms. The molecule has 0 amide bonds. The van der Waals surface area contributed by atoms with E-state index in [0.717, 1.165) is 45.0 Å². The summed E-state index contributed by atoms with van der Waals surface area (Å²) in [6.45, 7) is 5.41. The van der Waals surface area contributed by atoms with Crippen LogP contribution in [0.15, 0.2) is 4.52 Å². The second kappa shape index (κ2) is 5.88. The Kier molecular flexibility index (Phi) is 3.98. The maximum atomic E-state index is 10.4. The SMILES string of the molecule is O=C(O)CCCCc1nc(C2CN3CCN2CC3)no1. The van der Waals surface area contributed by atoms with Gasteiger partial charge < -0.3 is 9.63 Å². The number of aryl methyl sites for hydroxylation is 1. The number of hydrogen-bond acceptors (Lipinski definition) is 6. The maximum absolute atomic E-state index is 10.4. The summed E-state index contributed by atoms with van der Waals surface area (Å²) in [5, 5.41) is 12.7. The molecule has 0 spiro atoms. The minimum absolute atomic E-state index is 0.201. The van der Waals surface area contributed by atoms with Gasteiger partial charge in [-0.15, -0.1) is 0 Å². The van der Waals surface area contributed by atoms with Crippen molar-refractivity contribution in [2.24, 2.45) is 0 Å². The first kappa shape index (κ1) is 13.5. The van der Waals surface area contributed by atoms with E-state index < -0.39 is 5.97 Å². The first-order valence-corrected chi connectivity index (χ1v) is 7.23. The number of fused-ring (bicyclic) bond motifs is 3. The molecule has 3 fully saturated rings. The molecular formula is C13H20N4O3. The number of rotatable bonds is 6. The first-order chi connectivity index (χ1) is 9.72. The van der Waals surface area contributed by atoms with Crippen LogP contribution in [0.3, 0.4) is 0 Å². The van der Waals surface area contributed by atoms with Crippen molar-refractivity contribution < 1.29 is 14.4 Å². The quantitative estimate of drug-likeness (QED) is 0.761. The lowest BCUT2D eigenvalue weighted by atomic mass is 10.1. The highest BCUT2D eigenvalue weighted by molar-refractivity contribution is 5.66. The number of aromatic nitrogens is 2. The standard InChI is InChI=1S/C13H20N4O3/c18-12(19)4-2-1-3-11-14-13(15-20-11)10-9-16-5-7-17(10)8-6-16/h10H,1-9H2,(H,18,19). The molecule has 4 heterocycles. The van der Waals surface area contributed by atoms with Gasteiger partial charge in [0.25, 0.3) is 0 Å². The zero-order valence-corrected chi connectivity index (χ0v) is 11.5. The maximum Gasteiger partial charge on any atom is 0.303 e. The third kappa shape index (κ3) is 2.99. The van der Waals surface area contributed by atoms with Crippen LogP contribution in [0.2, 0.25) is 0 Å². The van der Waals surface area contributed by atoms with Crippen LogP contribution in [-0.4, -0.2) is 63.7 Å². The Balaban J connectivity index is 1.53. The number of carbonyl (C=O) groups is 1. The van der Waals surface area contributed by atoms with Crippen LogP contribution in [0.1, 0.15) is 37.0 Å². The second-order valence-corrected chi connectivity index (χ2v) is 5.50. The van der Waals surface area contributed by atoms with Gasteiger partial charge in [-0.05, 0) is 12.8 Å². The Morgan fingerprint density at radius 1 is 1.30 bits per heavy atom. The lowest BCUT2D eigenvalue weighted by Crippen LogP contribution is -2.57. The van der Waals surface area contributed by atoms with Gasteiger partial charge in [0, 0.05) is 45.6 Å². The van der Waals surface area contributed by atoms with E-state index in [2.05, 4.69) is 19.9 Å². The molecule has 2 bridgehead atoms. The lowest BCUT2D eigenvalue weighted by molar-refractivity contribution is -0.137. The Bertz CT molecular complexity index is 468. The van der Waals surface area contributed by atoms with E-state index in [9.17, 15) is 4.79 Å². The van der Waals surface area contributed by atoms with Gasteiger partial charge in [0.2, 0.25) is 5.89 Å². The van der Waals surface area contributed by atoms with E-state index in [0.29, 0.717) is 18.7 Å². The summed E-state index contributed by atoms with van der Waals surface area (Å²) in [6, 6.07) is 0.258. The highest BCUT2D eigenvalue weighted by atomic mass is 16.5. The number of hydrogen-bond donors (Lipinski definition) is 1. The van der Waals surface area contributed by atoms with Gasteiger partial charge in [-0.1, -0.05) is 5.16 Å². The first-order valence-electron chi connectivity index (χ1n) is 7.23. The Labute approximate surface area is 117 Å². The van der Waals surface area contributed by atoms with Crippen LogP contribution < -0.4 is 0 Å². The normalized spacial score (nSPS) is 28.7. The summed E-state index contributed by atoms with van der Waals surface area (Å²) in [7, 11) is 0. The molecule has 1 unspecified atom stereocenters. The number of carboxylic acid groups (broad SMARTS) is 1. The molecule has 3 aliphatic heterocycles. The van der Waals surface area contributed by atoms with Crippen molar-refractivity contribution in [1.82, 2.24) is 19.9 Å². The summed E-state index contributed by atoms with van der Waals surface area (Å²) >= 11 is 0. The van der Waals surface area contributed by atoms with Crippen molar-refractivity contribution >= 4 is 5.97 Å². The van der Waals surface area contributed by atoms with Crippen molar-refractivity contribution in [2.75, 3.05) is 32.7 Å². The van der Waals surface area contributed by atoms with Crippen LogP contribution in [-0.2, 0) is 11.2 Å². The summed E-state index contributed by atoms with van der Waals surface area (Å²) < 4.78 is 5.28. The van der Waals surface area contributed by atoms with Gasteiger partial charge in [0.1, 0.15) is 0 Å². The molecular weight excluding hydrogens is 260 g/mol. The molecule has 1 aromatic rings. The van der Waals surface area contributed by atoms with Crippen molar-refractivity contribution in [3.05, 3.63) is 11.7 Å². The molecule has 1 aromatic heterocycles. The highest BCUT2D eigenvalue weighted by Gasteiger charge is 2.35. The molecule has 0 aromatic carbocycles. The molecule has 20 heavy (non-hydrogen) atoms. The van der Waals surface area contributed by atoms with E-state index in [4.69, 9.17) is 9.63 Å². The molecule has 0 aliphatic carbocycles. The van der Waals surface area contributed by atoms with E-state index in [1.807, 2.05) is 0 Å². The number of nitrogens with zero attached hydrogens (tertiary/aromatic N) is 4. The van der Waals surface area contributed by atoms with Gasteiger partial charge in [-0.3, -0.25) is 14.6 Å². The van der Waals surface area contributed by atoms with E-state index in [1.54, 1.807) is 0 Å². The third-order valence-electron chi connectivity index (χ3n) is 4.09. The zero-order chi connectivity index (χ0) is 13.9. The van der Waals surface area contributed by atoms with Crippen molar-refractivity contribution in [1.29, 1.82) is 0 Å². The predicted octanol–water partition coefficient (Wildman–Crippen LogP) is 0.539. The molecule has 0 saturated carbocycles. The second-order valence-electron chi connectivity index (χ2n) is 5.50. The number of carboxylic acids is 1. The average molecular weight is 280 g/mol. The summed E-state index contributed by atoms with van der Waals surface area (Å²) in [5.74, 6) is 0.655. The highest BCUT2D eigenvalue weighted by Crippen LogP contribution is 2.26. The third-order valence-corrected chi connectivity index (χ3v) is 4.09. The van der Waals surface area contributed by atoms with Crippen LogP contribution in [0.4, 0.5) is 0 Å². The van der Waals surface area contributed by atoms with E-state index in [-0.39, 0.29) is 12.5 Å².